The Morgan fingerprint density at radius 1 is 0.457 bits per heavy atom. The first kappa shape index (κ1) is 25.5. The first-order valence-corrected chi connectivity index (χ1v) is 16.3. The summed E-state index contributed by atoms with van der Waals surface area (Å²) in [5, 5.41) is 8.87. The quantitative estimate of drug-likeness (QED) is 0.201. The number of fused-ring (bicyclic) bond motifs is 11. The van der Waals surface area contributed by atoms with Gasteiger partial charge in [-0.25, -0.2) is 9.97 Å². The smallest absolute Gasteiger partial charge is 0.160 e. The Bertz CT molecular complexity index is 2790. The minimum atomic E-state index is 0.725. The number of hydrogen-bond acceptors (Lipinski definition) is 3. The highest BCUT2D eigenvalue weighted by Gasteiger charge is 2.21. The van der Waals surface area contributed by atoms with Crippen LogP contribution >= 0.6 is 11.3 Å². The molecule has 0 unspecified atom stereocenters. The number of thiophene rings is 1. The average Bonchev–Trinajstić information content (AvgIpc) is 3.68. The molecule has 0 fully saturated rings. The summed E-state index contributed by atoms with van der Waals surface area (Å²) in [7, 11) is 0. The average molecular weight is 604 g/mol. The fourth-order valence-electron chi connectivity index (χ4n) is 7.17. The number of nitrogens with zero attached hydrogens (tertiary/aromatic N) is 3. The molecular formula is C42H25N3S. The number of hydrogen-bond donors (Lipinski definition) is 0. The van der Waals surface area contributed by atoms with Crippen LogP contribution in [0.1, 0.15) is 0 Å². The molecule has 0 amide bonds. The second-order valence-corrected chi connectivity index (χ2v) is 12.8. The first-order valence-electron chi connectivity index (χ1n) is 15.5. The summed E-state index contributed by atoms with van der Waals surface area (Å²) >= 11 is 1.90. The van der Waals surface area contributed by atoms with Crippen molar-refractivity contribution < 1.29 is 0 Å². The van der Waals surface area contributed by atoms with Gasteiger partial charge in [-0.05, 0) is 42.5 Å². The predicted octanol–water partition coefficient (Wildman–Crippen LogP) is 11.6. The van der Waals surface area contributed by atoms with Crippen molar-refractivity contribution in [2.45, 2.75) is 0 Å². The summed E-state index contributed by atoms with van der Waals surface area (Å²) in [5.74, 6) is 0.725. The molecule has 0 N–H and O–H groups in total. The minimum absolute atomic E-state index is 0.725. The van der Waals surface area contributed by atoms with Crippen molar-refractivity contribution in [3.8, 4) is 28.3 Å². The number of para-hydroxylation sites is 2. The van der Waals surface area contributed by atoms with Crippen molar-refractivity contribution >= 4 is 75.0 Å². The molecule has 3 heterocycles. The van der Waals surface area contributed by atoms with Gasteiger partial charge in [0.15, 0.2) is 5.82 Å². The second kappa shape index (κ2) is 9.83. The lowest BCUT2D eigenvalue weighted by atomic mass is 10.00. The zero-order chi connectivity index (χ0) is 30.2. The van der Waals surface area contributed by atoms with E-state index in [2.05, 4.69) is 144 Å². The van der Waals surface area contributed by atoms with Gasteiger partial charge in [0, 0.05) is 63.9 Å². The van der Waals surface area contributed by atoms with E-state index in [1.165, 1.54) is 52.8 Å². The van der Waals surface area contributed by atoms with E-state index in [1.807, 2.05) is 23.5 Å². The molecule has 3 nitrogen and oxygen atoms in total. The Kier molecular flexibility index (Phi) is 5.45. The fraction of sp³-hybridized carbons (Fsp3) is 0. The Morgan fingerprint density at radius 2 is 1.11 bits per heavy atom. The third kappa shape index (κ3) is 3.65. The lowest BCUT2D eigenvalue weighted by Gasteiger charge is -2.12. The van der Waals surface area contributed by atoms with Crippen LogP contribution in [0.4, 0.5) is 0 Å². The van der Waals surface area contributed by atoms with Crippen LogP contribution < -0.4 is 0 Å². The van der Waals surface area contributed by atoms with E-state index in [-0.39, 0.29) is 0 Å². The van der Waals surface area contributed by atoms with Crippen molar-refractivity contribution in [1.82, 2.24) is 14.5 Å². The van der Waals surface area contributed by atoms with Crippen LogP contribution in [0.25, 0.3) is 92.0 Å². The van der Waals surface area contributed by atoms with Gasteiger partial charge >= 0.3 is 0 Å². The van der Waals surface area contributed by atoms with Gasteiger partial charge < -0.3 is 4.57 Å². The molecule has 214 valence electrons. The summed E-state index contributed by atoms with van der Waals surface area (Å²) in [6, 6.07) is 53.9. The Morgan fingerprint density at radius 3 is 1.93 bits per heavy atom. The molecule has 0 saturated carbocycles. The molecule has 10 rings (SSSR count). The SMILES string of the molecule is c1ccc(-c2nc(-c3ccc(-n4c5ccccc5c5c6c7ccccc7sc6c6ccccc6c54)cc3)nc3ccccc23)cc1. The largest absolute Gasteiger partial charge is 0.309 e. The van der Waals surface area contributed by atoms with Crippen LogP contribution in [0, 0.1) is 0 Å². The van der Waals surface area contributed by atoms with Crippen LogP contribution in [0.15, 0.2) is 152 Å². The molecule has 0 radical (unpaired) electrons. The predicted molar refractivity (Wildman–Crippen MR) is 195 cm³/mol. The molecule has 0 bridgehead atoms. The molecule has 3 aromatic heterocycles. The maximum Gasteiger partial charge on any atom is 0.160 e. The van der Waals surface area contributed by atoms with Crippen molar-refractivity contribution in [3.63, 3.8) is 0 Å². The van der Waals surface area contributed by atoms with E-state index in [0.717, 1.165) is 39.2 Å². The van der Waals surface area contributed by atoms with Crippen molar-refractivity contribution in [2.24, 2.45) is 0 Å². The van der Waals surface area contributed by atoms with Gasteiger partial charge in [0.05, 0.1) is 22.2 Å². The van der Waals surface area contributed by atoms with Gasteiger partial charge in [-0.1, -0.05) is 109 Å². The van der Waals surface area contributed by atoms with Crippen molar-refractivity contribution in [3.05, 3.63) is 152 Å². The fourth-order valence-corrected chi connectivity index (χ4v) is 8.42. The Labute approximate surface area is 268 Å². The number of benzene rings is 7. The standard InChI is InChI=1S/C42H25N3S/c1-2-12-26(13-3-1)39-31-16-6-9-19-34(31)43-42(44-39)27-22-24-28(25-23-27)45-35-20-10-7-17-32(35)37-38-33-18-8-11-21-36(33)46-41(38)30-15-5-4-14-29(30)40(37)45/h1-25H. The maximum absolute atomic E-state index is 5.12. The first-order chi connectivity index (χ1) is 22.8. The highest BCUT2D eigenvalue weighted by atomic mass is 32.1. The summed E-state index contributed by atoms with van der Waals surface area (Å²) in [6.07, 6.45) is 0. The van der Waals surface area contributed by atoms with Gasteiger partial charge in [-0.2, -0.15) is 0 Å². The third-order valence-electron chi connectivity index (χ3n) is 9.18. The lowest BCUT2D eigenvalue weighted by molar-refractivity contribution is 1.18. The molecule has 0 aliphatic rings. The summed E-state index contributed by atoms with van der Waals surface area (Å²) in [5.41, 5.74) is 7.53. The molecule has 4 heteroatoms. The lowest BCUT2D eigenvalue weighted by Crippen LogP contribution is -1.97. The van der Waals surface area contributed by atoms with Crippen molar-refractivity contribution in [2.75, 3.05) is 0 Å². The molecule has 46 heavy (non-hydrogen) atoms. The molecule has 0 aliphatic carbocycles. The highest BCUT2D eigenvalue weighted by molar-refractivity contribution is 7.27. The van der Waals surface area contributed by atoms with E-state index >= 15 is 0 Å². The normalized spacial score (nSPS) is 11.9. The highest BCUT2D eigenvalue weighted by Crippen LogP contribution is 2.47. The van der Waals surface area contributed by atoms with Crippen LogP contribution in [0.2, 0.25) is 0 Å². The Balaban J connectivity index is 1.24. The molecule has 0 atom stereocenters. The monoisotopic (exact) mass is 603 g/mol. The molecule has 0 spiro atoms. The summed E-state index contributed by atoms with van der Waals surface area (Å²) in [4.78, 5) is 10.1. The molecule has 10 aromatic rings. The van der Waals surface area contributed by atoms with Crippen LogP contribution in [-0.2, 0) is 0 Å². The van der Waals surface area contributed by atoms with Crippen LogP contribution in [-0.4, -0.2) is 14.5 Å². The topological polar surface area (TPSA) is 30.7 Å². The van der Waals surface area contributed by atoms with E-state index in [0.29, 0.717) is 0 Å². The van der Waals surface area contributed by atoms with Crippen LogP contribution in [0.5, 0.6) is 0 Å². The van der Waals surface area contributed by atoms with E-state index < -0.39 is 0 Å². The van der Waals surface area contributed by atoms with Gasteiger partial charge in [0.25, 0.3) is 0 Å². The molecule has 7 aromatic carbocycles. The number of rotatable bonds is 3. The van der Waals surface area contributed by atoms with Crippen molar-refractivity contribution in [1.29, 1.82) is 0 Å². The van der Waals surface area contributed by atoms with E-state index in [1.54, 1.807) is 0 Å². The van der Waals surface area contributed by atoms with Gasteiger partial charge in [0.2, 0.25) is 0 Å². The molecular weight excluding hydrogens is 579 g/mol. The van der Waals surface area contributed by atoms with Gasteiger partial charge in [-0.3, -0.25) is 0 Å². The third-order valence-corrected chi connectivity index (χ3v) is 10.4. The van der Waals surface area contributed by atoms with Gasteiger partial charge in [-0.15, -0.1) is 11.3 Å². The summed E-state index contributed by atoms with van der Waals surface area (Å²) < 4.78 is 5.12. The Hall–Kier alpha value is -5.84. The van der Waals surface area contributed by atoms with E-state index in [9.17, 15) is 0 Å². The second-order valence-electron chi connectivity index (χ2n) is 11.7. The minimum Gasteiger partial charge on any atom is -0.309 e. The zero-order valence-corrected chi connectivity index (χ0v) is 25.5. The summed E-state index contributed by atoms with van der Waals surface area (Å²) in [6.45, 7) is 0. The number of aromatic nitrogens is 3. The van der Waals surface area contributed by atoms with Crippen LogP contribution in [0.3, 0.4) is 0 Å². The molecule has 0 saturated heterocycles. The zero-order valence-electron chi connectivity index (χ0n) is 24.7. The maximum atomic E-state index is 5.12. The van der Waals surface area contributed by atoms with E-state index in [4.69, 9.17) is 9.97 Å². The molecule has 0 aliphatic heterocycles. The van der Waals surface area contributed by atoms with Gasteiger partial charge in [0.1, 0.15) is 0 Å².